The quantitative estimate of drug-likeness (QED) is 0.882. The molecule has 104 valence electrons. The van der Waals surface area contributed by atoms with E-state index >= 15 is 0 Å². The standard InChI is InChI=1S/C16H24N2O/c1-2-7-16(19)17-15-10-6-11-18(13-15)12-14-8-4-3-5-9-14/h3-5,8-9,15H,2,6-7,10-13H2,1H3,(H,17,19). The molecule has 0 saturated carbocycles. The van der Waals surface area contributed by atoms with Crippen molar-refractivity contribution in [1.29, 1.82) is 0 Å². The summed E-state index contributed by atoms with van der Waals surface area (Å²) < 4.78 is 0. The zero-order chi connectivity index (χ0) is 13.5. The van der Waals surface area contributed by atoms with Gasteiger partial charge in [-0.2, -0.15) is 0 Å². The van der Waals surface area contributed by atoms with Gasteiger partial charge in [-0.15, -0.1) is 0 Å². The molecule has 3 heteroatoms. The Bertz CT molecular complexity index is 391. The molecule has 1 aromatic rings. The average Bonchev–Trinajstić information content (AvgIpc) is 2.40. The van der Waals surface area contributed by atoms with Crippen molar-refractivity contribution in [1.82, 2.24) is 10.2 Å². The lowest BCUT2D eigenvalue weighted by atomic mass is 10.0. The van der Waals surface area contributed by atoms with Gasteiger partial charge in [0.2, 0.25) is 5.91 Å². The highest BCUT2D eigenvalue weighted by Gasteiger charge is 2.20. The zero-order valence-electron chi connectivity index (χ0n) is 11.8. The van der Waals surface area contributed by atoms with Gasteiger partial charge in [0, 0.05) is 25.6 Å². The van der Waals surface area contributed by atoms with E-state index in [-0.39, 0.29) is 5.91 Å². The van der Waals surface area contributed by atoms with E-state index in [9.17, 15) is 4.79 Å². The van der Waals surface area contributed by atoms with Gasteiger partial charge in [0.1, 0.15) is 0 Å². The topological polar surface area (TPSA) is 32.3 Å². The monoisotopic (exact) mass is 260 g/mol. The molecule has 0 radical (unpaired) electrons. The molecule has 0 aromatic heterocycles. The van der Waals surface area contributed by atoms with Crippen molar-refractivity contribution in [3.63, 3.8) is 0 Å². The number of nitrogens with one attached hydrogen (secondary N) is 1. The number of benzene rings is 1. The van der Waals surface area contributed by atoms with Crippen LogP contribution in [-0.2, 0) is 11.3 Å². The number of hydrogen-bond acceptors (Lipinski definition) is 2. The predicted molar refractivity (Wildman–Crippen MR) is 77.8 cm³/mol. The Morgan fingerprint density at radius 2 is 2.16 bits per heavy atom. The van der Waals surface area contributed by atoms with Crippen molar-refractivity contribution in [3.05, 3.63) is 35.9 Å². The fourth-order valence-corrected chi connectivity index (χ4v) is 2.69. The Morgan fingerprint density at radius 1 is 1.37 bits per heavy atom. The van der Waals surface area contributed by atoms with Gasteiger partial charge in [0.15, 0.2) is 0 Å². The van der Waals surface area contributed by atoms with Crippen molar-refractivity contribution in [2.45, 2.75) is 45.2 Å². The molecule has 1 heterocycles. The first-order valence-corrected chi connectivity index (χ1v) is 7.33. The molecule has 1 aliphatic rings. The smallest absolute Gasteiger partial charge is 0.220 e. The molecule has 1 unspecified atom stereocenters. The fourth-order valence-electron chi connectivity index (χ4n) is 2.69. The Kier molecular flexibility index (Phi) is 5.40. The van der Waals surface area contributed by atoms with Crippen LogP contribution >= 0.6 is 0 Å². The van der Waals surface area contributed by atoms with Gasteiger partial charge >= 0.3 is 0 Å². The summed E-state index contributed by atoms with van der Waals surface area (Å²) in [6.07, 6.45) is 3.85. The van der Waals surface area contributed by atoms with Crippen LogP contribution in [0.15, 0.2) is 30.3 Å². The molecule has 0 aliphatic carbocycles. The van der Waals surface area contributed by atoms with Crippen LogP contribution < -0.4 is 5.32 Å². The van der Waals surface area contributed by atoms with Crippen LogP contribution in [0.1, 0.15) is 38.2 Å². The molecule has 0 spiro atoms. The number of piperidine rings is 1. The van der Waals surface area contributed by atoms with E-state index in [2.05, 4.69) is 34.5 Å². The highest BCUT2D eigenvalue weighted by atomic mass is 16.1. The van der Waals surface area contributed by atoms with Crippen molar-refractivity contribution < 1.29 is 4.79 Å². The molecule has 3 nitrogen and oxygen atoms in total. The molecule has 1 aromatic carbocycles. The zero-order valence-corrected chi connectivity index (χ0v) is 11.8. The fraction of sp³-hybridized carbons (Fsp3) is 0.562. The van der Waals surface area contributed by atoms with E-state index in [1.165, 1.54) is 12.0 Å². The molecule has 1 fully saturated rings. The Hall–Kier alpha value is -1.35. The Balaban J connectivity index is 1.82. The lowest BCUT2D eigenvalue weighted by Gasteiger charge is -2.33. The minimum Gasteiger partial charge on any atom is -0.352 e. The first-order valence-electron chi connectivity index (χ1n) is 7.33. The Labute approximate surface area is 116 Å². The molecule has 1 atom stereocenters. The van der Waals surface area contributed by atoms with Crippen LogP contribution in [0.5, 0.6) is 0 Å². The second kappa shape index (κ2) is 7.29. The molecule has 1 aliphatic heterocycles. The number of hydrogen-bond donors (Lipinski definition) is 1. The van der Waals surface area contributed by atoms with Crippen molar-refractivity contribution in [2.24, 2.45) is 0 Å². The third-order valence-corrected chi connectivity index (χ3v) is 3.60. The summed E-state index contributed by atoms with van der Waals surface area (Å²) >= 11 is 0. The summed E-state index contributed by atoms with van der Waals surface area (Å²) in [5, 5.41) is 3.15. The Morgan fingerprint density at radius 3 is 2.89 bits per heavy atom. The molecule has 19 heavy (non-hydrogen) atoms. The van der Waals surface area contributed by atoms with E-state index in [0.29, 0.717) is 12.5 Å². The maximum Gasteiger partial charge on any atom is 0.220 e. The lowest BCUT2D eigenvalue weighted by molar-refractivity contribution is -0.122. The minimum absolute atomic E-state index is 0.203. The van der Waals surface area contributed by atoms with Gasteiger partial charge in [0.05, 0.1) is 0 Å². The second-order valence-electron chi connectivity index (χ2n) is 5.38. The third kappa shape index (κ3) is 4.67. The number of carbonyl (C=O) groups is 1. The van der Waals surface area contributed by atoms with Gasteiger partial charge in [0.25, 0.3) is 0 Å². The molecular weight excluding hydrogens is 236 g/mol. The normalized spacial score (nSPS) is 20.2. The largest absolute Gasteiger partial charge is 0.352 e. The SMILES string of the molecule is CCCC(=O)NC1CCCN(Cc2ccccc2)C1. The summed E-state index contributed by atoms with van der Waals surface area (Å²) in [5.41, 5.74) is 1.35. The van der Waals surface area contributed by atoms with Gasteiger partial charge in [-0.05, 0) is 31.4 Å². The van der Waals surface area contributed by atoms with Crippen molar-refractivity contribution in [3.8, 4) is 0 Å². The number of likely N-dealkylation sites (tertiary alicyclic amines) is 1. The van der Waals surface area contributed by atoms with Crippen LogP contribution in [0, 0.1) is 0 Å². The molecule has 0 bridgehead atoms. The van der Waals surface area contributed by atoms with Crippen LogP contribution in [0.25, 0.3) is 0 Å². The highest BCUT2D eigenvalue weighted by Crippen LogP contribution is 2.13. The number of amides is 1. The van der Waals surface area contributed by atoms with E-state index < -0.39 is 0 Å². The van der Waals surface area contributed by atoms with Crippen LogP contribution in [0.3, 0.4) is 0 Å². The minimum atomic E-state index is 0.203. The number of carbonyl (C=O) groups excluding carboxylic acids is 1. The summed E-state index contributed by atoms with van der Waals surface area (Å²) in [4.78, 5) is 14.1. The highest BCUT2D eigenvalue weighted by molar-refractivity contribution is 5.76. The van der Waals surface area contributed by atoms with Gasteiger partial charge in [-0.25, -0.2) is 0 Å². The predicted octanol–water partition coefficient (Wildman–Crippen LogP) is 2.57. The van der Waals surface area contributed by atoms with Crippen molar-refractivity contribution in [2.75, 3.05) is 13.1 Å². The molecular formula is C16H24N2O. The summed E-state index contributed by atoms with van der Waals surface area (Å²) in [7, 11) is 0. The van der Waals surface area contributed by atoms with Crippen LogP contribution in [-0.4, -0.2) is 29.9 Å². The number of rotatable bonds is 5. The lowest BCUT2D eigenvalue weighted by Crippen LogP contribution is -2.47. The summed E-state index contributed by atoms with van der Waals surface area (Å²) in [6.45, 7) is 5.14. The van der Waals surface area contributed by atoms with Crippen LogP contribution in [0.2, 0.25) is 0 Å². The maximum atomic E-state index is 11.6. The summed E-state index contributed by atoms with van der Waals surface area (Å²) in [6, 6.07) is 10.9. The van der Waals surface area contributed by atoms with E-state index in [4.69, 9.17) is 0 Å². The van der Waals surface area contributed by atoms with E-state index in [1.54, 1.807) is 0 Å². The first kappa shape index (κ1) is 14.1. The molecule has 1 amide bonds. The van der Waals surface area contributed by atoms with E-state index in [1.807, 2.05) is 13.0 Å². The molecule has 1 N–H and O–H groups in total. The second-order valence-corrected chi connectivity index (χ2v) is 5.38. The average molecular weight is 260 g/mol. The summed E-state index contributed by atoms with van der Waals surface area (Å²) in [5.74, 6) is 0.203. The van der Waals surface area contributed by atoms with Crippen molar-refractivity contribution >= 4 is 5.91 Å². The van der Waals surface area contributed by atoms with Gasteiger partial charge < -0.3 is 5.32 Å². The van der Waals surface area contributed by atoms with Gasteiger partial charge in [-0.3, -0.25) is 9.69 Å². The molecule has 2 rings (SSSR count). The number of nitrogens with zero attached hydrogens (tertiary/aromatic N) is 1. The first-order chi connectivity index (χ1) is 9.28. The molecule has 1 saturated heterocycles. The third-order valence-electron chi connectivity index (χ3n) is 3.60. The van der Waals surface area contributed by atoms with Crippen LogP contribution in [0.4, 0.5) is 0 Å². The van der Waals surface area contributed by atoms with E-state index in [0.717, 1.165) is 32.5 Å². The van der Waals surface area contributed by atoms with Gasteiger partial charge in [-0.1, -0.05) is 37.3 Å². The maximum absolute atomic E-state index is 11.6.